The molecule has 1 fully saturated rings. The lowest BCUT2D eigenvalue weighted by Crippen LogP contribution is -2.49. The molecule has 1 N–H and O–H groups in total. The second-order valence-corrected chi connectivity index (χ2v) is 6.65. The van der Waals surface area contributed by atoms with Crippen LogP contribution in [0.3, 0.4) is 0 Å². The number of methoxy groups -OCH3 is 2. The molecule has 1 saturated heterocycles. The topological polar surface area (TPSA) is 66.9 Å². The van der Waals surface area contributed by atoms with Crippen LogP contribution in [0.2, 0.25) is 5.02 Å². The van der Waals surface area contributed by atoms with E-state index in [0.29, 0.717) is 35.3 Å². The highest BCUT2D eigenvalue weighted by molar-refractivity contribution is 6.32. The fourth-order valence-corrected chi connectivity index (χ4v) is 3.24. The number of amides is 2. The number of rotatable bonds is 5. The number of hydrogen-bond donors (Lipinski definition) is 1. The summed E-state index contributed by atoms with van der Waals surface area (Å²) in [6.45, 7) is 3.76. The van der Waals surface area contributed by atoms with Gasteiger partial charge in [0, 0.05) is 57.3 Å². The molecule has 1 aromatic heterocycles. The number of benzene rings is 1. The van der Waals surface area contributed by atoms with Crippen molar-refractivity contribution in [1.29, 1.82) is 0 Å². The van der Waals surface area contributed by atoms with Crippen molar-refractivity contribution in [2.75, 3.05) is 45.7 Å². The van der Waals surface area contributed by atoms with Gasteiger partial charge in [0.1, 0.15) is 11.5 Å². The first kappa shape index (κ1) is 19.3. The highest BCUT2D eigenvalue weighted by Gasteiger charge is 2.22. The molecular formula is C19H23ClN4O3. The Balaban J connectivity index is 1.58. The maximum Gasteiger partial charge on any atom is 0.322 e. The minimum Gasteiger partial charge on any atom is -0.495 e. The van der Waals surface area contributed by atoms with Gasteiger partial charge in [-0.15, -0.1) is 0 Å². The summed E-state index contributed by atoms with van der Waals surface area (Å²) >= 11 is 6.11. The molecule has 144 valence electrons. The van der Waals surface area contributed by atoms with Crippen molar-refractivity contribution in [3.63, 3.8) is 0 Å². The molecule has 0 aliphatic carbocycles. The van der Waals surface area contributed by atoms with Crippen LogP contribution in [0.15, 0.2) is 36.7 Å². The number of piperazine rings is 1. The number of anilines is 1. The Morgan fingerprint density at radius 1 is 1.19 bits per heavy atom. The van der Waals surface area contributed by atoms with E-state index < -0.39 is 0 Å². The van der Waals surface area contributed by atoms with Crippen LogP contribution >= 0.6 is 11.6 Å². The SMILES string of the molecule is COc1cc(NC(=O)N2CCN(Cc3cccnc3)CC2)c(OC)cc1Cl. The van der Waals surface area contributed by atoms with Crippen molar-refractivity contribution >= 4 is 23.3 Å². The first-order valence-electron chi connectivity index (χ1n) is 8.69. The van der Waals surface area contributed by atoms with Gasteiger partial charge in [-0.25, -0.2) is 4.79 Å². The van der Waals surface area contributed by atoms with Crippen molar-refractivity contribution in [3.8, 4) is 11.5 Å². The number of nitrogens with zero attached hydrogens (tertiary/aromatic N) is 3. The van der Waals surface area contributed by atoms with Gasteiger partial charge < -0.3 is 19.7 Å². The predicted molar refractivity (Wildman–Crippen MR) is 105 cm³/mol. The van der Waals surface area contributed by atoms with Gasteiger partial charge in [0.15, 0.2) is 0 Å². The first-order chi connectivity index (χ1) is 13.1. The third-order valence-corrected chi connectivity index (χ3v) is 4.80. The van der Waals surface area contributed by atoms with Crippen molar-refractivity contribution in [2.45, 2.75) is 6.54 Å². The number of carbonyl (C=O) groups is 1. The molecule has 0 radical (unpaired) electrons. The minimum atomic E-state index is -0.168. The van der Waals surface area contributed by atoms with E-state index in [1.54, 1.807) is 23.2 Å². The van der Waals surface area contributed by atoms with Gasteiger partial charge in [-0.2, -0.15) is 0 Å². The highest BCUT2D eigenvalue weighted by Crippen LogP contribution is 2.36. The summed E-state index contributed by atoms with van der Waals surface area (Å²) in [5, 5.41) is 3.32. The molecule has 3 rings (SSSR count). The van der Waals surface area contributed by atoms with E-state index in [2.05, 4.69) is 21.3 Å². The van der Waals surface area contributed by atoms with Crippen LogP contribution in [0.4, 0.5) is 10.5 Å². The highest BCUT2D eigenvalue weighted by atomic mass is 35.5. The van der Waals surface area contributed by atoms with E-state index in [1.165, 1.54) is 19.8 Å². The number of ether oxygens (including phenoxy) is 2. The molecule has 0 atom stereocenters. The maximum absolute atomic E-state index is 12.6. The number of urea groups is 1. The Bertz CT molecular complexity index is 780. The molecule has 2 amide bonds. The smallest absolute Gasteiger partial charge is 0.322 e. The maximum atomic E-state index is 12.6. The Labute approximate surface area is 163 Å². The fourth-order valence-electron chi connectivity index (χ4n) is 3.01. The van der Waals surface area contributed by atoms with Gasteiger partial charge in [-0.05, 0) is 11.6 Å². The molecule has 1 aliphatic rings. The Hall–Kier alpha value is -2.51. The van der Waals surface area contributed by atoms with E-state index >= 15 is 0 Å². The third kappa shape index (κ3) is 4.81. The summed E-state index contributed by atoms with van der Waals surface area (Å²) in [4.78, 5) is 20.9. The largest absolute Gasteiger partial charge is 0.495 e. The van der Waals surface area contributed by atoms with E-state index in [0.717, 1.165) is 19.6 Å². The number of carbonyl (C=O) groups excluding carboxylic acids is 1. The molecule has 2 aromatic rings. The Morgan fingerprint density at radius 2 is 1.93 bits per heavy atom. The zero-order valence-corrected chi connectivity index (χ0v) is 16.2. The zero-order valence-electron chi connectivity index (χ0n) is 15.4. The first-order valence-corrected chi connectivity index (χ1v) is 9.07. The van der Waals surface area contributed by atoms with E-state index in [9.17, 15) is 4.79 Å². The monoisotopic (exact) mass is 390 g/mol. The fraction of sp³-hybridized carbons (Fsp3) is 0.368. The van der Waals surface area contributed by atoms with Crippen LogP contribution in [-0.2, 0) is 6.54 Å². The molecular weight excluding hydrogens is 368 g/mol. The summed E-state index contributed by atoms with van der Waals surface area (Å²) in [6.07, 6.45) is 3.64. The Morgan fingerprint density at radius 3 is 2.56 bits per heavy atom. The van der Waals surface area contributed by atoms with Crippen molar-refractivity contribution in [1.82, 2.24) is 14.8 Å². The summed E-state index contributed by atoms with van der Waals surface area (Å²) in [5.41, 5.74) is 1.70. The number of aromatic nitrogens is 1. The van der Waals surface area contributed by atoms with Gasteiger partial charge in [-0.1, -0.05) is 17.7 Å². The lowest BCUT2D eigenvalue weighted by Gasteiger charge is -2.34. The lowest BCUT2D eigenvalue weighted by molar-refractivity contribution is 0.143. The van der Waals surface area contributed by atoms with Gasteiger partial charge >= 0.3 is 6.03 Å². The van der Waals surface area contributed by atoms with Gasteiger partial charge in [-0.3, -0.25) is 9.88 Å². The molecule has 2 heterocycles. The summed E-state index contributed by atoms with van der Waals surface area (Å²) in [7, 11) is 3.06. The molecule has 1 aromatic carbocycles. The quantitative estimate of drug-likeness (QED) is 0.849. The van der Waals surface area contributed by atoms with Crippen molar-refractivity contribution in [2.24, 2.45) is 0 Å². The molecule has 0 spiro atoms. The van der Waals surface area contributed by atoms with E-state index in [-0.39, 0.29) is 6.03 Å². The summed E-state index contributed by atoms with van der Waals surface area (Å²) in [5.74, 6) is 0.971. The predicted octanol–water partition coefficient (Wildman–Crippen LogP) is 3.10. The lowest BCUT2D eigenvalue weighted by atomic mass is 10.2. The Kier molecular flexibility index (Phi) is 6.36. The molecule has 0 unspecified atom stereocenters. The number of pyridine rings is 1. The van der Waals surface area contributed by atoms with Crippen LogP contribution in [0, 0.1) is 0 Å². The summed E-state index contributed by atoms with van der Waals surface area (Å²) < 4.78 is 10.5. The van der Waals surface area contributed by atoms with Gasteiger partial charge in [0.2, 0.25) is 0 Å². The third-order valence-electron chi connectivity index (χ3n) is 4.50. The van der Waals surface area contributed by atoms with Crippen LogP contribution in [0.25, 0.3) is 0 Å². The number of halogens is 1. The average Bonchev–Trinajstić information content (AvgIpc) is 2.70. The van der Waals surface area contributed by atoms with Crippen LogP contribution in [0.1, 0.15) is 5.56 Å². The molecule has 8 heteroatoms. The summed E-state index contributed by atoms with van der Waals surface area (Å²) in [6, 6.07) is 7.12. The van der Waals surface area contributed by atoms with Crippen molar-refractivity contribution in [3.05, 3.63) is 47.2 Å². The van der Waals surface area contributed by atoms with E-state index in [1.807, 2.05) is 12.3 Å². The molecule has 7 nitrogen and oxygen atoms in total. The van der Waals surface area contributed by atoms with Crippen LogP contribution in [0.5, 0.6) is 11.5 Å². The molecule has 27 heavy (non-hydrogen) atoms. The minimum absolute atomic E-state index is 0.168. The van der Waals surface area contributed by atoms with Crippen LogP contribution in [-0.4, -0.2) is 61.2 Å². The molecule has 1 aliphatic heterocycles. The number of nitrogens with one attached hydrogen (secondary N) is 1. The van der Waals surface area contributed by atoms with Gasteiger partial charge in [0.25, 0.3) is 0 Å². The normalized spacial score (nSPS) is 14.7. The number of hydrogen-bond acceptors (Lipinski definition) is 5. The zero-order chi connectivity index (χ0) is 19.2. The second-order valence-electron chi connectivity index (χ2n) is 6.24. The van der Waals surface area contributed by atoms with Crippen LogP contribution < -0.4 is 14.8 Å². The second kappa shape index (κ2) is 8.92. The van der Waals surface area contributed by atoms with Crippen molar-refractivity contribution < 1.29 is 14.3 Å². The average molecular weight is 391 g/mol. The van der Waals surface area contributed by atoms with E-state index in [4.69, 9.17) is 21.1 Å². The molecule has 0 saturated carbocycles. The standard InChI is InChI=1S/C19H23ClN4O3/c1-26-17-11-16(18(27-2)10-15(17)20)22-19(25)24-8-6-23(7-9-24)13-14-4-3-5-21-12-14/h3-5,10-12H,6-9,13H2,1-2H3,(H,22,25). The molecule has 0 bridgehead atoms. The van der Waals surface area contributed by atoms with Gasteiger partial charge in [0.05, 0.1) is 24.9 Å².